The molecule has 0 saturated heterocycles. The zero-order valence-electron chi connectivity index (χ0n) is 18.3. The third kappa shape index (κ3) is 2.92. The van der Waals surface area contributed by atoms with E-state index in [1.807, 2.05) is 13.8 Å². The molecule has 0 aromatic heterocycles. The normalized spacial score (nSPS) is 31.2. The van der Waals surface area contributed by atoms with Crippen molar-refractivity contribution in [3.8, 4) is 0 Å². The molecule has 0 heterocycles. The van der Waals surface area contributed by atoms with E-state index in [9.17, 15) is 19.5 Å². The lowest BCUT2D eigenvalue weighted by molar-refractivity contribution is -0.176. The molecule has 2 saturated carbocycles. The summed E-state index contributed by atoms with van der Waals surface area (Å²) in [7, 11) is 0. The highest BCUT2D eigenvalue weighted by molar-refractivity contribution is 6.41. The number of Topliss-reactive ketones (excluding diaryl/α,β-unsaturated/α-hetero) is 3. The highest BCUT2D eigenvalue weighted by atomic mass is 16.3. The predicted octanol–water partition coefficient (Wildman–Crippen LogP) is 5.42. The van der Waals surface area contributed by atoms with Crippen LogP contribution in [0.25, 0.3) is 5.76 Å². The molecular weight excluding hydrogens is 388 g/mol. The molecule has 0 amide bonds. The van der Waals surface area contributed by atoms with Crippen LogP contribution in [0.2, 0.25) is 0 Å². The lowest BCUT2D eigenvalue weighted by atomic mass is 9.39. The number of allylic oxidation sites excluding steroid dienone is 4. The largest absolute Gasteiger partial charge is 0.506 e. The Morgan fingerprint density at radius 2 is 1.61 bits per heavy atom. The van der Waals surface area contributed by atoms with Gasteiger partial charge in [0.2, 0.25) is 0 Å². The lowest BCUT2D eigenvalue weighted by Crippen LogP contribution is -2.69. The number of hydrogen-bond acceptors (Lipinski definition) is 4. The Kier molecular flexibility index (Phi) is 5.79. The van der Waals surface area contributed by atoms with Crippen molar-refractivity contribution in [2.75, 3.05) is 0 Å². The van der Waals surface area contributed by atoms with Crippen LogP contribution in [0.1, 0.15) is 45.1 Å². The molecular formula is C27H30O4. The summed E-state index contributed by atoms with van der Waals surface area (Å²) in [5.74, 6) is -2.07. The smallest absolute Gasteiger partial charge is 0.184 e. The molecule has 1 aromatic rings. The highest BCUT2D eigenvalue weighted by Crippen LogP contribution is 2.65. The summed E-state index contributed by atoms with van der Waals surface area (Å²) in [6.45, 7) is 15.3. The van der Waals surface area contributed by atoms with Crippen LogP contribution in [0.4, 0.5) is 0 Å². The summed E-state index contributed by atoms with van der Waals surface area (Å²) in [6.07, 6.45) is 5.98. The van der Waals surface area contributed by atoms with E-state index in [4.69, 9.17) is 0 Å². The van der Waals surface area contributed by atoms with Crippen LogP contribution in [-0.2, 0) is 14.4 Å². The van der Waals surface area contributed by atoms with Gasteiger partial charge < -0.3 is 5.11 Å². The van der Waals surface area contributed by atoms with Crippen molar-refractivity contribution >= 4 is 23.1 Å². The molecule has 4 nitrogen and oxygen atoms in total. The highest BCUT2D eigenvalue weighted by Gasteiger charge is 2.73. The number of ketones is 3. The van der Waals surface area contributed by atoms with Gasteiger partial charge in [0.1, 0.15) is 16.7 Å². The first kappa shape index (κ1) is 22.7. The van der Waals surface area contributed by atoms with Gasteiger partial charge in [-0.15, -0.1) is 19.7 Å². The fourth-order valence-electron chi connectivity index (χ4n) is 5.68. The minimum atomic E-state index is -1.49. The average molecular weight is 419 g/mol. The van der Waals surface area contributed by atoms with Gasteiger partial charge in [0.15, 0.2) is 17.3 Å². The second kappa shape index (κ2) is 7.92. The molecule has 0 spiro atoms. The third-order valence-electron chi connectivity index (χ3n) is 7.49. The number of carbonyl (C=O) groups excluding carboxylic acids is 3. The van der Waals surface area contributed by atoms with Crippen LogP contribution in [0, 0.1) is 22.2 Å². The molecule has 0 aliphatic heterocycles. The standard InChI is InChI=1S/C27H30O4/c1-6-12-19-17-26(15-7-2)22(29)20(21(28)18-13-10-9-11-14-18)23(30)27(16-8-3,24(26)31)25(19,4)5/h6-11,13-14,19,28H,1-3,12,15-17H2,4-5H3/t19-,26+,27-/m0/s1. The summed E-state index contributed by atoms with van der Waals surface area (Å²) in [4.78, 5) is 41.9. The first-order valence-corrected chi connectivity index (χ1v) is 10.6. The van der Waals surface area contributed by atoms with Gasteiger partial charge in [-0.25, -0.2) is 0 Å². The topological polar surface area (TPSA) is 71.4 Å². The number of aliphatic hydroxyl groups excluding tert-OH is 1. The third-order valence-corrected chi connectivity index (χ3v) is 7.49. The van der Waals surface area contributed by atoms with E-state index in [0.29, 0.717) is 12.0 Å². The SMILES string of the molecule is C=CC[C@H]1C[C@]2(CC=C)C(=O)C(=C(O)c3ccccc3)C(=O)[C@@](CC=C)(C2=O)C1(C)C. The van der Waals surface area contributed by atoms with Crippen molar-refractivity contribution in [3.63, 3.8) is 0 Å². The van der Waals surface area contributed by atoms with Crippen LogP contribution in [0.15, 0.2) is 73.9 Å². The van der Waals surface area contributed by atoms with Crippen molar-refractivity contribution in [1.29, 1.82) is 0 Å². The Labute approximate surface area is 184 Å². The van der Waals surface area contributed by atoms with E-state index in [-0.39, 0.29) is 42.3 Å². The summed E-state index contributed by atoms with van der Waals surface area (Å²) in [6, 6.07) is 8.51. The second-order valence-corrected chi connectivity index (χ2v) is 9.20. The molecule has 3 atom stereocenters. The van der Waals surface area contributed by atoms with E-state index in [2.05, 4.69) is 19.7 Å². The van der Waals surface area contributed by atoms with Crippen LogP contribution in [-0.4, -0.2) is 22.5 Å². The molecule has 4 heteroatoms. The first-order chi connectivity index (χ1) is 14.7. The molecule has 2 fully saturated rings. The molecule has 0 radical (unpaired) electrons. The summed E-state index contributed by atoms with van der Waals surface area (Å²) in [5.41, 5.74) is -3.60. The van der Waals surface area contributed by atoms with E-state index in [1.165, 1.54) is 0 Å². The van der Waals surface area contributed by atoms with Crippen LogP contribution < -0.4 is 0 Å². The molecule has 0 unspecified atom stereocenters. The average Bonchev–Trinajstić information content (AvgIpc) is 2.74. The zero-order valence-corrected chi connectivity index (χ0v) is 18.3. The van der Waals surface area contributed by atoms with Gasteiger partial charge in [-0.05, 0) is 37.0 Å². The maximum atomic E-state index is 14.1. The van der Waals surface area contributed by atoms with Crippen LogP contribution in [0.5, 0.6) is 0 Å². The van der Waals surface area contributed by atoms with E-state index in [0.717, 1.165) is 0 Å². The monoisotopic (exact) mass is 418 g/mol. The number of rotatable bonds is 7. The Bertz CT molecular complexity index is 997. The predicted molar refractivity (Wildman–Crippen MR) is 122 cm³/mol. The zero-order chi connectivity index (χ0) is 23.0. The molecule has 2 aliphatic rings. The number of aliphatic hydroxyl groups is 1. The van der Waals surface area contributed by atoms with E-state index < -0.39 is 27.8 Å². The second-order valence-electron chi connectivity index (χ2n) is 9.20. The lowest BCUT2D eigenvalue weighted by Gasteiger charge is -2.60. The van der Waals surface area contributed by atoms with Crippen molar-refractivity contribution in [1.82, 2.24) is 0 Å². The quantitative estimate of drug-likeness (QED) is 0.211. The van der Waals surface area contributed by atoms with Crippen molar-refractivity contribution in [2.45, 2.75) is 39.5 Å². The molecule has 2 aliphatic carbocycles. The van der Waals surface area contributed by atoms with Crippen LogP contribution in [0.3, 0.4) is 0 Å². The van der Waals surface area contributed by atoms with Crippen LogP contribution >= 0.6 is 0 Å². The Morgan fingerprint density at radius 1 is 1.00 bits per heavy atom. The molecule has 2 bridgehead atoms. The van der Waals surface area contributed by atoms with Crippen molar-refractivity contribution in [3.05, 3.63) is 79.4 Å². The van der Waals surface area contributed by atoms with Crippen molar-refractivity contribution in [2.24, 2.45) is 22.2 Å². The number of benzene rings is 1. The Balaban J connectivity index is 2.41. The fourth-order valence-corrected chi connectivity index (χ4v) is 5.68. The Hall–Kier alpha value is -3.01. The maximum Gasteiger partial charge on any atom is 0.184 e. The summed E-state index contributed by atoms with van der Waals surface area (Å²) >= 11 is 0. The van der Waals surface area contributed by atoms with Gasteiger partial charge in [-0.2, -0.15) is 0 Å². The molecule has 1 aromatic carbocycles. The van der Waals surface area contributed by atoms with Gasteiger partial charge in [0, 0.05) is 5.56 Å². The first-order valence-electron chi connectivity index (χ1n) is 10.6. The minimum Gasteiger partial charge on any atom is -0.506 e. The van der Waals surface area contributed by atoms with Gasteiger partial charge in [-0.3, -0.25) is 14.4 Å². The van der Waals surface area contributed by atoms with Gasteiger partial charge in [-0.1, -0.05) is 62.4 Å². The number of hydrogen-bond donors (Lipinski definition) is 1. The molecule has 162 valence electrons. The minimum absolute atomic E-state index is 0.100. The van der Waals surface area contributed by atoms with Gasteiger partial charge in [0.25, 0.3) is 0 Å². The molecule has 31 heavy (non-hydrogen) atoms. The van der Waals surface area contributed by atoms with Gasteiger partial charge >= 0.3 is 0 Å². The van der Waals surface area contributed by atoms with Gasteiger partial charge in [0.05, 0.1) is 5.41 Å². The Morgan fingerprint density at radius 3 is 2.16 bits per heavy atom. The molecule has 3 rings (SSSR count). The molecule has 1 N–H and O–H groups in total. The van der Waals surface area contributed by atoms with E-state index >= 15 is 0 Å². The summed E-state index contributed by atoms with van der Waals surface area (Å²) < 4.78 is 0. The maximum absolute atomic E-state index is 14.1. The van der Waals surface area contributed by atoms with E-state index in [1.54, 1.807) is 48.6 Å². The number of carbonyl (C=O) groups is 3. The van der Waals surface area contributed by atoms with Crippen molar-refractivity contribution < 1.29 is 19.5 Å². The summed E-state index contributed by atoms with van der Waals surface area (Å²) in [5, 5.41) is 11.1. The fraction of sp³-hybridized carbons (Fsp3) is 0.370. The number of fused-ring (bicyclic) bond motifs is 2.